The van der Waals surface area contributed by atoms with Crippen molar-refractivity contribution in [2.75, 3.05) is 38.3 Å². The zero-order valence-electron chi connectivity index (χ0n) is 17.7. The number of fused-ring (bicyclic) bond motifs is 2. The van der Waals surface area contributed by atoms with Crippen molar-refractivity contribution < 1.29 is 14.3 Å². The minimum absolute atomic E-state index is 0.0694. The third-order valence-corrected chi connectivity index (χ3v) is 6.05. The largest absolute Gasteiger partial charge is 0.457 e. The summed E-state index contributed by atoms with van der Waals surface area (Å²) in [5, 5.41) is 0. The van der Waals surface area contributed by atoms with E-state index in [0.29, 0.717) is 6.54 Å². The fraction of sp³-hybridized carbons (Fsp3) is 0.269. The van der Waals surface area contributed by atoms with Crippen molar-refractivity contribution in [3.63, 3.8) is 0 Å². The van der Waals surface area contributed by atoms with Crippen LogP contribution in [0.3, 0.4) is 0 Å². The Bertz CT molecular complexity index is 1050. The standard InChI is InChI=1S/C26H26N2O3/c1-27(18-19-8-2-5-11-22(19)28-14-16-30-17-15-28)26(29)25-20-9-3-6-12-23(20)31-24-13-7-4-10-21(24)25/h2-13,25H,14-18H2,1H3. The summed E-state index contributed by atoms with van der Waals surface area (Å²) in [6, 6.07) is 24.0. The molecule has 3 aromatic rings. The second-order valence-electron chi connectivity index (χ2n) is 8.03. The van der Waals surface area contributed by atoms with Crippen LogP contribution in [0.5, 0.6) is 11.5 Å². The van der Waals surface area contributed by atoms with Gasteiger partial charge in [0.15, 0.2) is 0 Å². The van der Waals surface area contributed by atoms with Crippen LogP contribution >= 0.6 is 0 Å². The first-order valence-electron chi connectivity index (χ1n) is 10.7. The number of nitrogens with zero attached hydrogens (tertiary/aromatic N) is 2. The second-order valence-corrected chi connectivity index (χ2v) is 8.03. The van der Waals surface area contributed by atoms with Gasteiger partial charge in [0.2, 0.25) is 5.91 Å². The summed E-state index contributed by atoms with van der Waals surface area (Å²) in [5.74, 6) is 1.20. The molecule has 0 aromatic heterocycles. The maximum Gasteiger partial charge on any atom is 0.234 e. The quantitative estimate of drug-likeness (QED) is 0.634. The van der Waals surface area contributed by atoms with Crippen LogP contribution in [-0.4, -0.2) is 44.2 Å². The van der Waals surface area contributed by atoms with E-state index in [9.17, 15) is 4.79 Å². The van der Waals surface area contributed by atoms with E-state index in [4.69, 9.17) is 9.47 Å². The number of hydrogen-bond acceptors (Lipinski definition) is 4. The van der Waals surface area contributed by atoms with Gasteiger partial charge in [-0.25, -0.2) is 0 Å². The summed E-state index contributed by atoms with van der Waals surface area (Å²) < 4.78 is 11.6. The molecule has 3 aromatic carbocycles. The van der Waals surface area contributed by atoms with Crippen molar-refractivity contribution in [1.29, 1.82) is 0 Å². The maximum absolute atomic E-state index is 13.8. The molecular weight excluding hydrogens is 388 g/mol. The molecule has 5 rings (SSSR count). The fourth-order valence-corrected chi connectivity index (χ4v) is 4.49. The van der Waals surface area contributed by atoms with E-state index >= 15 is 0 Å². The Hall–Kier alpha value is -3.31. The predicted molar refractivity (Wildman–Crippen MR) is 121 cm³/mol. The number of ether oxygens (including phenoxy) is 2. The molecule has 31 heavy (non-hydrogen) atoms. The van der Waals surface area contributed by atoms with E-state index < -0.39 is 0 Å². The molecule has 158 valence electrons. The van der Waals surface area contributed by atoms with Gasteiger partial charge in [0, 0.05) is 43.5 Å². The fourth-order valence-electron chi connectivity index (χ4n) is 4.49. The molecule has 0 aliphatic carbocycles. The van der Waals surface area contributed by atoms with E-state index in [1.54, 1.807) is 0 Å². The van der Waals surface area contributed by atoms with Gasteiger partial charge in [0.25, 0.3) is 0 Å². The number of para-hydroxylation sites is 3. The van der Waals surface area contributed by atoms with Gasteiger partial charge in [0.05, 0.1) is 19.1 Å². The van der Waals surface area contributed by atoms with Crippen LogP contribution in [-0.2, 0) is 16.1 Å². The third kappa shape index (κ3) is 3.77. The number of carbonyl (C=O) groups is 1. The number of benzene rings is 3. The molecule has 2 aliphatic rings. The molecule has 1 amide bonds. The van der Waals surface area contributed by atoms with Gasteiger partial charge in [-0.05, 0) is 23.8 Å². The van der Waals surface area contributed by atoms with Crippen molar-refractivity contribution >= 4 is 11.6 Å². The molecule has 0 spiro atoms. The molecule has 0 atom stereocenters. The molecule has 0 saturated carbocycles. The zero-order chi connectivity index (χ0) is 21.2. The highest BCUT2D eigenvalue weighted by molar-refractivity contribution is 5.89. The lowest BCUT2D eigenvalue weighted by Gasteiger charge is -2.33. The lowest BCUT2D eigenvalue weighted by Crippen LogP contribution is -2.38. The predicted octanol–water partition coefficient (Wildman–Crippen LogP) is 4.42. The van der Waals surface area contributed by atoms with E-state index in [-0.39, 0.29) is 11.8 Å². The van der Waals surface area contributed by atoms with E-state index in [1.165, 1.54) is 5.69 Å². The average Bonchev–Trinajstić information content (AvgIpc) is 2.83. The molecular formula is C26H26N2O3. The summed E-state index contributed by atoms with van der Waals surface area (Å²) in [4.78, 5) is 17.9. The Morgan fingerprint density at radius 1 is 0.903 bits per heavy atom. The molecule has 2 aliphatic heterocycles. The number of morpholine rings is 1. The first-order valence-corrected chi connectivity index (χ1v) is 10.7. The van der Waals surface area contributed by atoms with E-state index in [2.05, 4.69) is 23.1 Å². The highest BCUT2D eigenvalue weighted by Gasteiger charge is 2.34. The van der Waals surface area contributed by atoms with Gasteiger partial charge in [-0.1, -0.05) is 54.6 Å². The van der Waals surface area contributed by atoms with Gasteiger partial charge in [-0.3, -0.25) is 4.79 Å². The maximum atomic E-state index is 13.8. The summed E-state index contributed by atoms with van der Waals surface area (Å²) in [6.45, 7) is 3.76. The first kappa shape index (κ1) is 19.6. The zero-order valence-corrected chi connectivity index (χ0v) is 17.7. The average molecular weight is 415 g/mol. The summed E-state index contributed by atoms with van der Waals surface area (Å²) >= 11 is 0. The Labute approximate surface area is 182 Å². The molecule has 0 bridgehead atoms. The van der Waals surface area contributed by atoms with Gasteiger partial charge in [0.1, 0.15) is 11.5 Å². The number of amides is 1. The van der Waals surface area contributed by atoms with Crippen LogP contribution in [0.25, 0.3) is 0 Å². The Morgan fingerprint density at radius 2 is 1.48 bits per heavy atom. The van der Waals surface area contributed by atoms with Gasteiger partial charge >= 0.3 is 0 Å². The van der Waals surface area contributed by atoms with Gasteiger partial charge < -0.3 is 19.3 Å². The Balaban J connectivity index is 1.44. The minimum Gasteiger partial charge on any atom is -0.457 e. The van der Waals surface area contributed by atoms with Crippen molar-refractivity contribution in [3.8, 4) is 11.5 Å². The number of carbonyl (C=O) groups excluding carboxylic acids is 1. The Morgan fingerprint density at radius 3 is 2.16 bits per heavy atom. The van der Waals surface area contributed by atoms with Crippen LogP contribution in [0.4, 0.5) is 5.69 Å². The van der Waals surface area contributed by atoms with E-state index in [1.807, 2.05) is 66.5 Å². The summed E-state index contributed by atoms with van der Waals surface area (Å²) in [5.41, 5.74) is 4.16. The third-order valence-electron chi connectivity index (χ3n) is 6.05. The second kappa shape index (κ2) is 8.44. The van der Waals surface area contributed by atoms with Crippen molar-refractivity contribution in [2.45, 2.75) is 12.5 Å². The van der Waals surface area contributed by atoms with Crippen molar-refractivity contribution in [1.82, 2.24) is 4.90 Å². The SMILES string of the molecule is CN(Cc1ccccc1N1CCOCC1)C(=O)C1c2ccccc2Oc2ccccc21. The highest BCUT2D eigenvalue weighted by Crippen LogP contribution is 2.44. The van der Waals surface area contributed by atoms with Crippen LogP contribution in [0.2, 0.25) is 0 Å². The summed E-state index contributed by atoms with van der Waals surface area (Å²) in [7, 11) is 1.89. The smallest absolute Gasteiger partial charge is 0.234 e. The van der Waals surface area contributed by atoms with Crippen LogP contribution < -0.4 is 9.64 Å². The number of hydrogen-bond donors (Lipinski definition) is 0. The molecule has 2 heterocycles. The van der Waals surface area contributed by atoms with Gasteiger partial charge in [-0.15, -0.1) is 0 Å². The minimum atomic E-state index is -0.373. The topological polar surface area (TPSA) is 42.0 Å². The van der Waals surface area contributed by atoms with Crippen molar-refractivity contribution in [2.24, 2.45) is 0 Å². The molecule has 0 radical (unpaired) electrons. The van der Waals surface area contributed by atoms with Gasteiger partial charge in [-0.2, -0.15) is 0 Å². The lowest BCUT2D eigenvalue weighted by atomic mass is 9.87. The number of rotatable bonds is 4. The summed E-state index contributed by atoms with van der Waals surface area (Å²) in [6.07, 6.45) is 0. The Kier molecular flexibility index (Phi) is 5.35. The lowest BCUT2D eigenvalue weighted by molar-refractivity contribution is -0.131. The van der Waals surface area contributed by atoms with Crippen LogP contribution in [0.1, 0.15) is 22.6 Å². The van der Waals surface area contributed by atoms with E-state index in [0.717, 1.165) is 54.5 Å². The number of anilines is 1. The highest BCUT2D eigenvalue weighted by atomic mass is 16.5. The monoisotopic (exact) mass is 414 g/mol. The number of likely N-dealkylation sites (N-methyl/N-ethyl adjacent to an activating group) is 1. The first-order chi connectivity index (χ1) is 15.2. The molecule has 5 heteroatoms. The molecule has 0 unspecified atom stereocenters. The van der Waals surface area contributed by atoms with Crippen molar-refractivity contribution in [3.05, 3.63) is 89.5 Å². The van der Waals surface area contributed by atoms with Crippen LogP contribution in [0, 0.1) is 0 Å². The molecule has 5 nitrogen and oxygen atoms in total. The molecule has 1 saturated heterocycles. The molecule has 0 N–H and O–H groups in total. The molecule has 1 fully saturated rings. The normalized spacial score (nSPS) is 15.6. The van der Waals surface area contributed by atoms with Crippen LogP contribution in [0.15, 0.2) is 72.8 Å².